The van der Waals surface area contributed by atoms with E-state index >= 15 is 0 Å². The van der Waals surface area contributed by atoms with E-state index in [4.69, 9.17) is 0 Å². The van der Waals surface area contributed by atoms with Gasteiger partial charge in [-0.3, -0.25) is 10.1 Å². The molecule has 2 aliphatic rings. The number of nitro groups is 1. The van der Waals surface area contributed by atoms with Crippen molar-refractivity contribution in [3.05, 3.63) is 85.9 Å². The summed E-state index contributed by atoms with van der Waals surface area (Å²) >= 11 is 3.53. The molecule has 23 heavy (non-hydrogen) atoms. The zero-order chi connectivity index (χ0) is 16.0. The highest BCUT2D eigenvalue weighted by atomic mass is 79.9. The van der Waals surface area contributed by atoms with Crippen molar-refractivity contribution in [2.75, 3.05) is 5.32 Å². The first-order valence-corrected chi connectivity index (χ1v) is 8.15. The Balaban J connectivity index is 1.86. The zero-order valence-corrected chi connectivity index (χ0v) is 13.7. The lowest BCUT2D eigenvalue weighted by Crippen LogP contribution is -2.14. The van der Waals surface area contributed by atoms with Gasteiger partial charge in [0.05, 0.1) is 4.92 Å². The molecule has 0 radical (unpaired) electrons. The van der Waals surface area contributed by atoms with Crippen molar-refractivity contribution < 1.29 is 4.92 Å². The van der Waals surface area contributed by atoms with Gasteiger partial charge in [0.25, 0.3) is 5.69 Å². The van der Waals surface area contributed by atoms with Crippen LogP contribution in [0.25, 0.3) is 5.70 Å². The molecule has 0 saturated heterocycles. The first-order valence-electron chi connectivity index (χ1n) is 7.35. The van der Waals surface area contributed by atoms with Crippen LogP contribution in [-0.2, 0) is 0 Å². The normalized spacial score (nSPS) is 18.4. The molecule has 1 aliphatic heterocycles. The number of halogens is 1. The first kappa shape index (κ1) is 14.2. The molecule has 1 aliphatic carbocycles. The molecule has 0 aromatic heterocycles. The molecule has 0 saturated carbocycles. The maximum atomic E-state index is 11.0. The van der Waals surface area contributed by atoms with E-state index < -0.39 is 0 Å². The van der Waals surface area contributed by atoms with Crippen LogP contribution in [-0.4, -0.2) is 4.92 Å². The average molecular weight is 369 g/mol. The number of fused-ring (bicyclic) bond motifs is 3. The number of hydrogen-bond acceptors (Lipinski definition) is 3. The molecule has 1 heterocycles. The molecular formula is C18H13BrN2O2. The van der Waals surface area contributed by atoms with E-state index in [1.165, 1.54) is 17.2 Å². The van der Waals surface area contributed by atoms with Gasteiger partial charge in [-0.15, -0.1) is 0 Å². The smallest absolute Gasteiger partial charge is 0.270 e. The number of allylic oxidation sites excluding steroid dienone is 3. The number of non-ortho nitro benzene ring substituents is 1. The van der Waals surface area contributed by atoms with Crippen LogP contribution in [0.1, 0.15) is 23.5 Å². The van der Waals surface area contributed by atoms with Crippen molar-refractivity contribution in [2.45, 2.75) is 12.3 Å². The Labute approximate surface area is 141 Å². The minimum Gasteiger partial charge on any atom is -0.355 e. The molecule has 4 rings (SSSR count). The predicted molar refractivity (Wildman–Crippen MR) is 94.3 cm³/mol. The number of nitro benzene ring substituents is 1. The fourth-order valence-corrected chi connectivity index (χ4v) is 3.66. The van der Waals surface area contributed by atoms with Crippen molar-refractivity contribution in [1.29, 1.82) is 0 Å². The number of anilines is 1. The summed E-state index contributed by atoms with van der Waals surface area (Å²) in [5.41, 5.74) is 5.43. The van der Waals surface area contributed by atoms with Crippen molar-refractivity contribution >= 4 is 33.0 Å². The van der Waals surface area contributed by atoms with Crippen LogP contribution in [0.3, 0.4) is 0 Å². The fourth-order valence-electron chi connectivity index (χ4n) is 3.28. The van der Waals surface area contributed by atoms with E-state index in [0.29, 0.717) is 5.92 Å². The Bertz CT molecular complexity index is 886. The number of nitrogens with one attached hydrogen (secondary N) is 1. The van der Waals surface area contributed by atoms with Crippen LogP contribution in [0.15, 0.2) is 64.7 Å². The van der Waals surface area contributed by atoms with Crippen LogP contribution < -0.4 is 5.32 Å². The Morgan fingerprint density at radius 1 is 1.22 bits per heavy atom. The summed E-state index contributed by atoms with van der Waals surface area (Å²) in [5.74, 6) is 0.304. The van der Waals surface area contributed by atoms with E-state index in [1.807, 2.05) is 18.2 Å². The zero-order valence-electron chi connectivity index (χ0n) is 12.1. The van der Waals surface area contributed by atoms with Gasteiger partial charge in [-0.25, -0.2) is 0 Å². The number of nitrogens with zero attached hydrogens (tertiary/aromatic N) is 1. The van der Waals surface area contributed by atoms with E-state index in [0.717, 1.165) is 27.8 Å². The van der Waals surface area contributed by atoms with Crippen LogP contribution in [0.5, 0.6) is 0 Å². The lowest BCUT2D eigenvalue weighted by atomic mass is 9.86. The molecule has 0 bridgehead atoms. The third-order valence-corrected chi connectivity index (χ3v) is 4.82. The molecule has 0 spiro atoms. The second kappa shape index (κ2) is 5.35. The fraction of sp³-hybridized carbons (Fsp3) is 0.111. The van der Waals surface area contributed by atoms with Crippen LogP contribution in [0.4, 0.5) is 11.4 Å². The van der Waals surface area contributed by atoms with Gasteiger partial charge >= 0.3 is 0 Å². The SMILES string of the molecule is O=[N+]([O-])c1cccc(C2=C3C=CCC3c3cc(Br)ccc3N2)c1. The van der Waals surface area contributed by atoms with Crippen LogP contribution in [0, 0.1) is 10.1 Å². The Hall–Kier alpha value is -2.40. The Morgan fingerprint density at radius 3 is 2.91 bits per heavy atom. The molecule has 0 fully saturated rings. The predicted octanol–water partition coefficient (Wildman–Crippen LogP) is 5.24. The molecule has 5 heteroatoms. The Kier molecular flexibility index (Phi) is 3.31. The molecular weight excluding hydrogens is 356 g/mol. The third kappa shape index (κ3) is 2.37. The van der Waals surface area contributed by atoms with Gasteiger partial charge in [0.2, 0.25) is 0 Å². The second-order valence-electron chi connectivity index (χ2n) is 5.69. The summed E-state index contributed by atoms with van der Waals surface area (Å²) in [6.45, 7) is 0. The van der Waals surface area contributed by atoms with Gasteiger partial charge in [0.15, 0.2) is 0 Å². The van der Waals surface area contributed by atoms with E-state index in [-0.39, 0.29) is 10.6 Å². The molecule has 0 amide bonds. The largest absolute Gasteiger partial charge is 0.355 e. The van der Waals surface area contributed by atoms with Gasteiger partial charge in [0, 0.05) is 39.5 Å². The minimum atomic E-state index is -0.357. The summed E-state index contributed by atoms with van der Waals surface area (Å²) in [6.07, 6.45) is 5.24. The summed E-state index contributed by atoms with van der Waals surface area (Å²) in [6, 6.07) is 13.0. The maximum Gasteiger partial charge on any atom is 0.270 e. The average Bonchev–Trinajstić information content (AvgIpc) is 3.04. The molecule has 1 atom stereocenters. The monoisotopic (exact) mass is 368 g/mol. The van der Waals surface area contributed by atoms with E-state index in [2.05, 4.69) is 39.5 Å². The summed E-state index contributed by atoms with van der Waals surface area (Å²) in [4.78, 5) is 10.7. The molecule has 1 unspecified atom stereocenters. The van der Waals surface area contributed by atoms with E-state index in [1.54, 1.807) is 12.1 Å². The van der Waals surface area contributed by atoms with Crippen molar-refractivity contribution in [3.63, 3.8) is 0 Å². The lowest BCUT2D eigenvalue weighted by Gasteiger charge is -2.28. The molecule has 4 nitrogen and oxygen atoms in total. The summed E-state index contributed by atoms with van der Waals surface area (Å²) < 4.78 is 1.06. The topological polar surface area (TPSA) is 55.2 Å². The van der Waals surface area contributed by atoms with Gasteiger partial charge in [-0.1, -0.05) is 40.2 Å². The van der Waals surface area contributed by atoms with Crippen molar-refractivity contribution in [2.24, 2.45) is 0 Å². The van der Waals surface area contributed by atoms with Gasteiger partial charge in [-0.05, 0) is 35.8 Å². The highest BCUT2D eigenvalue weighted by Crippen LogP contribution is 2.46. The van der Waals surface area contributed by atoms with Crippen LogP contribution >= 0.6 is 15.9 Å². The third-order valence-electron chi connectivity index (χ3n) is 4.33. The van der Waals surface area contributed by atoms with Gasteiger partial charge < -0.3 is 5.32 Å². The molecule has 1 N–H and O–H groups in total. The number of rotatable bonds is 2. The quantitative estimate of drug-likeness (QED) is 0.582. The summed E-state index contributed by atoms with van der Waals surface area (Å²) in [7, 11) is 0. The van der Waals surface area contributed by atoms with E-state index in [9.17, 15) is 10.1 Å². The highest BCUT2D eigenvalue weighted by Gasteiger charge is 2.29. The standard InChI is InChI=1S/C18H13BrN2O2/c19-12-7-8-17-16(10-12)14-5-2-6-15(14)18(20-17)11-3-1-4-13(9-11)21(22)23/h1-4,6-10,14,20H,5H2. The lowest BCUT2D eigenvalue weighted by molar-refractivity contribution is -0.384. The molecule has 2 aromatic rings. The summed E-state index contributed by atoms with van der Waals surface area (Å²) in [5, 5.41) is 14.5. The highest BCUT2D eigenvalue weighted by molar-refractivity contribution is 9.10. The first-order chi connectivity index (χ1) is 11.1. The van der Waals surface area contributed by atoms with Gasteiger partial charge in [0.1, 0.15) is 0 Å². The number of hydrogen-bond donors (Lipinski definition) is 1. The maximum absolute atomic E-state index is 11.0. The van der Waals surface area contributed by atoms with Gasteiger partial charge in [-0.2, -0.15) is 0 Å². The molecule has 114 valence electrons. The van der Waals surface area contributed by atoms with Crippen LogP contribution in [0.2, 0.25) is 0 Å². The second-order valence-corrected chi connectivity index (χ2v) is 6.60. The van der Waals surface area contributed by atoms with Crippen molar-refractivity contribution in [1.82, 2.24) is 0 Å². The number of benzene rings is 2. The molecule has 2 aromatic carbocycles. The minimum absolute atomic E-state index is 0.109. The van der Waals surface area contributed by atoms with Crippen molar-refractivity contribution in [3.8, 4) is 0 Å². The Morgan fingerprint density at radius 2 is 2.09 bits per heavy atom.